The zero-order chi connectivity index (χ0) is 17.9. The van der Waals surface area contributed by atoms with Crippen molar-refractivity contribution in [1.82, 2.24) is 14.9 Å². The molecule has 2 heterocycles. The van der Waals surface area contributed by atoms with Crippen LogP contribution in [0.3, 0.4) is 0 Å². The van der Waals surface area contributed by atoms with Crippen LogP contribution in [0.1, 0.15) is 11.1 Å². The van der Waals surface area contributed by atoms with Crippen molar-refractivity contribution in [2.75, 3.05) is 4.90 Å². The highest BCUT2D eigenvalue weighted by molar-refractivity contribution is 8.19. The van der Waals surface area contributed by atoms with Crippen LogP contribution in [0.4, 0.5) is 5.69 Å². The van der Waals surface area contributed by atoms with Gasteiger partial charge in [0, 0.05) is 0 Å². The molecular weight excluding hydrogens is 346 g/mol. The third-order valence-electron chi connectivity index (χ3n) is 3.80. The smallest absolute Gasteiger partial charge is 0.268 e. The molecule has 0 saturated carbocycles. The van der Waals surface area contributed by atoms with Gasteiger partial charge in [-0.15, -0.1) is 15.3 Å². The number of hydrogen-bond donors (Lipinski definition) is 0. The van der Waals surface area contributed by atoms with Crippen molar-refractivity contribution in [1.29, 1.82) is 0 Å². The Bertz CT molecular complexity index is 979. The highest BCUT2D eigenvalue weighted by atomic mass is 32.2. The molecule has 0 aliphatic carbocycles. The van der Waals surface area contributed by atoms with E-state index in [2.05, 4.69) is 15.3 Å². The highest BCUT2D eigenvalue weighted by Crippen LogP contribution is 2.36. The monoisotopic (exact) mass is 361 g/mol. The van der Waals surface area contributed by atoms with Gasteiger partial charge in [0.25, 0.3) is 5.91 Å². The number of para-hydroxylation sites is 1. The van der Waals surface area contributed by atoms with Crippen molar-refractivity contribution in [3.05, 3.63) is 83.3 Å². The third kappa shape index (κ3) is 3.29. The van der Waals surface area contributed by atoms with Crippen molar-refractivity contribution in [3.8, 4) is 0 Å². The molecular formula is C19H15N5OS. The Morgan fingerprint density at radius 3 is 2.38 bits per heavy atom. The van der Waals surface area contributed by atoms with E-state index in [1.165, 1.54) is 34.7 Å². The Balaban J connectivity index is 1.75. The fraction of sp³-hybridized carbons (Fsp3) is 0.0526. The van der Waals surface area contributed by atoms with E-state index in [0.29, 0.717) is 10.1 Å². The average molecular weight is 361 g/mol. The van der Waals surface area contributed by atoms with E-state index in [1.807, 2.05) is 67.6 Å². The Labute approximate surface area is 154 Å². The second kappa shape index (κ2) is 6.97. The third-order valence-corrected chi connectivity index (χ3v) is 4.76. The standard InChI is InChI=1S/C19H15N5OS/c1-14-7-9-15(10-8-14)11-17-18(25)24(16-5-3-2-4-6-16)19(26-17)22-23-12-20-21-13-23/h2-13H,1H3. The van der Waals surface area contributed by atoms with Gasteiger partial charge in [0.05, 0.1) is 10.6 Å². The van der Waals surface area contributed by atoms with Gasteiger partial charge in [0.15, 0.2) is 0 Å². The summed E-state index contributed by atoms with van der Waals surface area (Å²) in [5.41, 5.74) is 2.92. The van der Waals surface area contributed by atoms with Crippen molar-refractivity contribution >= 4 is 34.6 Å². The lowest BCUT2D eigenvalue weighted by Gasteiger charge is -2.15. The fourth-order valence-electron chi connectivity index (χ4n) is 2.51. The minimum Gasteiger partial charge on any atom is -0.268 e. The molecule has 2 aromatic carbocycles. The van der Waals surface area contributed by atoms with Gasteiger partial charge < -0.3 is 0 Å². The lowest BCUT2D eigenvalue weighted by atomic mass is 10.1. The number of carbonyl (C=O) groups is 1. The lowest BCUT2D eigenvalue weighted by molar-refractivity contribution is -0.113. The first-order valence-electron chi connectivity index (χ1n) is 8.00. The average Bonchev–Trinajstić information content (AvgIpc) is 3.27. The van der Waals surface area contributed by atoms with Crippen LogP contribution in [-0.2, 0) is 4.79 Å². The Kier molecular flexibility index (Phi) is 4.37. The number of benzene rings is 2. The summed E-state index contributed by atoms with van der Waals surface area (Å²) >= 11 is 1.33. The van der Waals surface area contributed by atoms with E-state index in [9.17, 15) is 4.79 Å². The zero-order valence-electron chi connectivity index (χ0n) is 14.0. The van der Waals surface area contributed by atoms with Crippen LogP contribution < -0.4 is 4.90 Å². The first-order chi connectivity index (χ1) is 12.7. The molecule has 26 heavy (non-hydrogen) atoms. The van der Waals surface area contributed by atoms with E-state index in [0.717, 1.165) is 11.3 Å². The molecule has 4 rings (SSSR count). The largest absolute Gasteiger partial charge is 0.271 e. The number of nitrogens with zero attached hydrogens (tertiary/aromatic N) is 5. The molecule has 1 aliphatic heterocycles. The quantitative estimate of drug-likeness (QED) is 0.670. The second-order valence-electron chi connectivity index (χ2n) is 5.72. The van der Waals surface area contributed by atoms with Gasteiger partial charge in [0.1, 0.15) is 12.7 Å². The summed E-state index contributed by atoms with van der Waals surface area (Å²) in [6.07, 6.45) is 4.86. The number of carbonyl (C=O) groups excluding carboxylic acids is 1. The maximum absolute atomic E-state index is 13.0. The molecule has 0 spiro atoms. The molecule has 1 amide bonds. The number of rotatable bonds is 3. The van der Waals surface area contributed by atoms with Crippen molar-refractivity contribution in [2.45, 2.75) is 6.92 Å². The number of aromatic nitrogens is 3. The number of hydrogen-bond acceptors (Lipinski definition) is 5. The van der Waals surface area contributed by atoms with Crippen molar-refractivity contribution < 1.29 is 4.79 Å². The number of amides is 1. The number of thioether (sulfide) groups is 1. The van der Waals surface area contributed by atoms with Crippen molar-refractivity contribution in [2.24, 2.45) is 5.10 Å². The van der Waals surface area contributed by atoms with E-state index in [4.69, 9.17) is 0 Å². The van der Waals surface area contributed by atoms with Crippen LogP contribution in [0.15, 0.2) is 77.3 Å². The molecule has 0 unspecified atom stereocenters. The topological polar surface area (TPSA) is 63.4 Å². The van der Waals surface area contributed by atoms with Gasteiger partial charge in [-0.3, -0.25) is 9.69 Å². The number of anilines is 1. The number of aryl methyl sites for hydroxylation is 1. The molecule has 128 valence electrons. The summed E-state index contributed by atoms with van der Waals surface area (Å²) in [5, 5.41) is 12.5. The molecule has 0 N–H and O–H groups in total. The van der Waals surface area contributed by atoms with Gasteiger partial charge in [-0.05, 0) is 42.5 Å². The summed E-state index contributed by atoms with van der Waals surface area (Å²) < 4.78 is 1.49. The summed E-state index contributed by atoms with van der Waals surface area (Å²) in [5.74, 6) is -0.103. The molecule has 7 heteroatoms. The summed E-state index contributed by atoms with van der Waals surface area (Å²) in [7, 11) is 0. The van der Waals surface area contributed by atoms with Crippen molar-refractivity contribution in [3.63, 3.8) is 0 Å². The van der Waals surface area contributed by atoms with Gasteiger partial charge in [-0.1, -0.05) is 48.0 Å². The minimum absolute atomic E-state index is 0.103. The Hall–Kier alpha value is -3.19. The molecule has 1 saturated heterocycles. The Morgan fingerprint density at radius 1 is 1.00 bits per heavy atom. The van der Waals surface area contributed by atoms with E-state index >= 15 is 0 Å². The summed E-state index contributed by atoms with van der Waals surface area (Å²) in [6, 6.07) is 17.5. The van der Waals surface area contributed by atoms with Gasteiger partial charge in [-0.2, -0.15) is 0 Å². The summed E-state index contributed by atoms with van der Waals surface area (Å²) in [4.78, 5) is 15.2. The predicted molar refractivity (Wildman–Crippen MR) is 104 cm³/mol. The van der Waals surface area contributed by atoms with Gasteiger partial charge in [-0.25, -0.2) is 4.68 Å². The molecule has 0 radical (unpaired) electrons. The molecule has 6 nitrogen and oxygen atoms in total. The molecule has 3 aromatic rings. The van der Waals surface area contributed by atoms with Gasteiger partial charge in [0.2, 0.25) is 5.17 Å². The first-order valence-corrected chi connectivity index (χ1v) is 8.82. The summed E-state index contributed by atoms with van der Waals surface area (Å²) in [6.45, 7) is 2.04. The fourth-order valence-corrected chi connectivity index (χ4v) is 3.49. The van der Waals surface area contributed by atoms with Crippen LogP contribution in [0.25, 0.3) is 6.08 Å². The molecule has 1 aromatic heterocycles. The van der Waals surface area contributed by atoms with Crippen LogP contribution in [0.5, 0.6) is 0 Å². The van der Waals surface area contributed by atoms with Crippen LogP contribution in [0, 0.1) is 6.92 Å². The molecule has 1 fully saturated rings. The van der Waals surface area contributed by atoms with E-state index in [1.54, 1.807) is 4.90 Å². The maximum Gasteiger partial charge on any atom is 0.271 e. The lowest BCUT2D eigenvalue weighted by Crippen LogP contribution is -2.29. The first kappa shape index (κ1) is 16.3. The highest BCUT2D eigenvalue weighted by Gasteiger charge is 2.35. The van der Waals surface area contributed by atoms with E-state index < -0.39 is 0 Å². The Morgan fingerprint density at radius 2 is 1.69 bits per heavy atom. The maximum atomic E-state index is 13.0. The molecule has 1 aliphatic rings. The van der Waals surface area contributed by atoms with Crippen LogP contribution >= 0.6 is 11.8 Å². The SMILES string of the molecule is Cc1ccc(C=C2SC(=Nn3cnnc3)N(c3ccccc3)C2=O)cc1. The van der Waals surface area contributed by atoms with Crippen LogP contribution in [0.2, 0.25) is 0 Å². The molecule has 0 bridgehead atoms. The second-order valence-corrected chi connectivity index (χ2v) is 6.73. The normalized spacial score (nSPS) is 17.4. The zero-order valence-corrected chi connectivity index (χ0v) is 14.8. The minimum atomic E-state index is -0.103. The van der Waals surface area contributed by atoms with Crippen LogP contribution in [-0.4, -0.2) is 25.9 Å². The van der Waals surface area contributed by atoms with Gasteiger partial charge >= 0.3 is 0 Å². The predicted octanol–water partition coefficient (Wildman–Crippen LogP) is 3.53. The molecule has 0 atom stereocenters. The van der Waals surface area contributed by atoms with E-state index in [-0.39, 0.29) is 5.91 Å². The number of amidine groups is 1.